The number of carboxylic acid groups (broad SMARTS) is 1. The molecule has 0 bridgehead atoms. The van der Waals surface area contributed by atoms with E-state index in [1.807, 2.05) is 13.1 Å². The summed E-state index contributed by atoms with van der Waals surface area (Å²) in [5, 5.41) is 24.0. The highest BCUT2D eigenvalue weighted by atomic mass is 35.5. The standard InChI is InChI=1S/C23H27N3O5.ClH/c1-11(2)24-10-14-7-13-8-17-16(9-18(13)26(14)4)12(3)5-6-15-19(17)25-22(28)21(20(15)27)31-23(29)30;/h7-9,11-12,24H,5-6,10H2,1-4H3,(H,29,30)(H2,25,27,28);1H. The lowest BCUT2D eigenvalue weighted by Crippen LogP contribution is -2.22. The molecule has 0 saturated carbocycles. The van der Waals surface area contributed by atoms with E-state index in [-0.39, 0.29) is 18.3 Å². The highest BCUT2D eigenvalue weighted by molar-refractivity contribution is 5.89. The van der Waals surface area contributed by atoms with Gasteiger partial charge in [-0.05, 0) is 42.5 Å². The van der Waals surface area contributed by atoms with Crippen LogP contribution in [0.15, 0.2) is 23.0 Å². The summed E-state index contributed by atoms with van der Waals surface area (Å²) in [6.45, 7) is 7.07. The molecule has 9 heteroatoms. The van der Waals surface area contributed by atoms with Crippen LogP contribution in [0.1, 0.15) is 49.9 Å². The highest BCUT2D eigenvalue weighted by Crippen LogP contribution is 2.43. The van der Waals surface area contributed by atoms with Crippen LogP contribution in [0.2, 0.25) is 0 Å². The number of rotatable bonds is 4. The largest absolute Gasteiger partial charge is 0.511 e. The predicted octanol–water partition coefficient (Wildman–Crippen LogP) is 4.27. The molecule has 1 aromatic carbocycles. The molecule has 0 spiro atoms. The average Bonchev–Trinajstić information content (AvgIpc) is 2.94. The zero-order valence-electron chi connectivity index (χ0n) is 18.5. The number of carbonyl (C=O) groups is 1. The van der Waals surface area contributed by atoms with Gasteiger partial charge in [0, 0.05) is 47.4 Å². The van der Waals surface area contributed by atoms with Crippen molar-refractivity contribution in [3.05, 3.63) is 45.4 Å². The third kappa shape index (κ3) is 4.08. The zero-order valence-corrected chi connectivity index (χ0v) is 19.3. The van der Waals surface area contributed by atoms with E-state index in [0.717, 1.165) is 40.7 Å². The summed E-state index contributed by atoms with van der Waals surface area (Å²) in [7, 11) is 2.05. The summed E-state index contributed by atoms with van der Waals surface area (Å²) < 4.78 is 6.72. The summed E-state index contributed by atoms with van der Waals surface area (Å²) in [5.41, 5.74) is 4.43. The van der Waals surface area contributed by atoms with Gasteiger partial charge in [-0.25, -0.2) is 4.79 Å². The first-order chi connectivity index (χ1) is 14.7. The maximum absolute atomic E-state index is 12.5. The van der Waals surface area contributed by atoms with E-state index in [1.165, 1.54) is 0 Å². The van der Waals surface area contributed by atoms with E-state index in [4.69, 9.17) is 5.11 Å². The minimum absolute atomic E-state index is 0. The molecule has 0 fully saturated rings. The van der Waals surface area contributed by atoms with Crippen LogP contribution >= 0.6 is 12.4 Å². The fraction of sp³-hybridized carbons (Fsp3) is 0.391. The van der Waals surface area contributed by atoms with Crippen molar-refractivity contribution in [1.82, 2.24) is 14.9 Å². The van der Waals surface area contributed by atoms with Crippen molar-refractivity contribution in [3.63, 3.8) is 0 Å². The third-order valence-electron chi connectivity index (χ3n) is 6.07. The summed E-state index contributed by atoms with van der Waals surface area (Å²) in [6.07, 6.45) is -0.412. The van der Waals surface area contributed by atoms with Gasteiger partial charge in [-0.2, -0.15) is 0 Å². The molecule has 0 saturated heterocycles. The molecular weight excluding hydrogens is 434 g/mol. The number of pyridine rings is 1. The SMILES string of the molecule is CC(C)NCc1cc2cc3c(cc2n1C)C(C)CCc1c-3[nH]c(=O)c(OC(=O)O)c1O.Cl. The number of benzene rings is 1. The molecule has 1 unspecified atom stereocenters. The number of aromatic amines is 1. The van der Waals surface area contributed by atoms with Crippen molar-refractivity contribution in [2.24, 2.45) is 7.05 Å². The Labute approximate surface area is 191 Å². The Kier molecular flexibility index (Phi) is 6.57. The molecule has 2 heterocycles. The lowest BCUT2D eigenvalue weighted by Gasteiger charge is -2.15. The van der Waals surface area contributed by atoms with E-state index in [0.29, 0.717) is 23.7 Å². The van der Waals surface area contributed by atoms with Gasteiger partial charge >= 0.3 is 6.16 Å². The highest BCUT2D eigenvalue weighted by Gasteiger charge is 2.27. The smallest absolute Gasteiger partial charge is 0.504 e. The maximum atomic E-state index is 12.5. The molecule has 1 aliphatic carbocycles. The Morgan fingerprint density at radius 3 is 2.72 bits per heavy atom. The van der Waals surface area contributed by atoms with E-state index in [2.05, 4.69) is 52.5 Å². The topological polar surface area (TPSA) is 117 Å². The number of aromatic nitrogens is 2. The normalized spacial score (nSPS) is 15.1. The van der Waals surface area contributed by atoms with Crippen LogP contribution in [0.3, 0.4) is 0 Å². The number of H-pyrrole nitrogens is 1. The zero-order chi connectivity index (χ0) is 22.4. The van der Waals surface area contributed by atoms with Gasteiger partial charge in [-0.1, -0.05) is 20.8 Å². The number of aryl methyl sites for hydroxylation is 1. The molecule has 4 rings (SSSR count). The summed E-state index contributed by atoms with van der Waals surface area (Å²) in [6, 6.07) is 6.69. The van der Waals surface area contributed by atoms with Gasteiger partial charge < -0.3 is 29.8 Å². The van der Waals surface area contributed by atoms with E-state index < -0.39 is 23.2 Å². The molecule has 32 heavy (non-hydrogen) atoms. The fourth-order valence-electron chi connectivity index (χ4n) is 4.34. The van der Waals surface area contributed by atoms with Gasteiger partial charge in [-0.3, -0.25) is 4.79 Å². The quantitative estimate of drug-likeness (QED) is 0.431. The molecule has 172 valence electrons. The molecule has 0 aliphatic heterocycles. The van der Waals surface area contributed by atoms with Crippen molar-refractivity contribution in [1.29, 1.82) is 0 Å². The Morgan fingerprint density at radius 2 is 2.06 bits per heavy atom. The summed E-state index contributed by atoms with van der Waals surface area (Å²) >= 11 is 0. The number of nitrogens with one attached hydrogen (secondary N) is 2. The second-order valence-corrected chi connectivity index (χ2v) is 8.52. The second kappa shape index (κ2) is 8.88. The molecule has 4 N–H and O–H groups in total. The maximum Gasteiger partial charge on any atom is 0.511 e. The Hall–Kier alpha value is -2.97. The fourth-order valence-corrected chi connectivity index (χ4v) is 4.34. The Morgan fingerprint density at radius 1 is 1.34 bits per heavy atom. The van der Waals surface area contributed by atoms with Crippen LogP contribution in [0, 0.1) is 0 Å². The van der Waals surface area contributed by atoms with Gasteiger partial charge in [0.2, 0.25) is 5.75 Å². The number of halogens is 1. The minimum Gasteiger partial charge on any atom is -0.504 e. The van der Waals surface area contributed by atoms with Crippen molar-refractivity contribution in [2.45, 2.75) is 52.1 Å². The number of fused-ring (bicyclic) bond motifs is 4. The van der Waals surface area contributed by atoms with Crippen LogP contribution in [0.25, 0.3) is 22.2 Å². The van der Waals surface area contributed by atoms with Gasteiger partial charge in [0.05, 0.1) is 5.69 Å². The van der Waals surface area contributed by atoms with E-state index in [1.54, 1.807) is 0 Å². The van der Waals surface area contributed by atoms with Gasteiger partial charge in [0.25, 0.3) is 5.56 Å². The monoisotopic (exact) mass is 461 g/mol. The van der Waals surface area contributed by atoms with Crippen molar-refractivity contribution in [3.8, 4) is 22.8 Å². The number of aromatic hydroxyl groups is 1. The van der Waals surface area contributed by atoms with Gasteiger partial charge in [-0.15, -0.1) is 12.4 Å². The molecule has 0 amide bonds. The van der Waals surface area contributed by atoms with Crippen LogP contribution in [0.5, 0.6) is 11.5 Å². The van der Waals surface area contributed by atoms with Gasteiger partial charge in [0.1, 0.15) is 0 Å². The van der Waals surface area contributed by atoms with E-state index in [9.17, 15) is 14.7 Å². The van der Waals surface area contributed by atoms with Crippen LogP contribution in [0.4, 0.5) is 4.79 Å². The molecule has 0 radical (unpaired) electrons. The minimum atomic E-state index is -1.64. The van der Waals surface area contributed by atoms with Crippen LogP contribution in [-0.4, -0.2) is 32.0 Å². The lowest BCUT2D eigenvalue weighted by atomic mass is 9.92. The lowest BCUT2D eigenvalue weighted by molar-refractivity contribution is 0.142. The first-order valence-corrected chi connectivity index (χ1v) is 10.4. The molecule has 8 nitrogen and oxygen atoms in total. The van der Waals surface area contributed by atoms with Crippen molar-refractivity contribution < 1.29 is 19.7 Å². The molecular formula is C23H28ClN3O5. The molecule has 1 aliphatic rings. The molecule has 3 aromatic rings. The summed E-state index contributed by atoms with van der Waals surface area (Å²) in [5.74, 6) is -0.799. The number of hydrogen-bond acceptors (Lipinski definition) is 5. The number of hydrogen-bond donors (Lipinski definition) is 4. The summed E-state index contributed by atoms with van der Waals surface area (Å²) in [4.78, 5) is 26.2. The Balaban J connectivity index is 0.00000289. The van der Waals surface area contributed by atoms with Crippen molar-refractivity contribution in [2.75, 3.05) is 0 Å². The predicted molar refractivity (Wildman–Crippen MR) is 125 cm³/mol. The van der Waals surface area contributed by atoms with Crippen LogP contribution < -0.4 is 15.6 Å². The first kappa shape index (κ1) is 23.7. The van der Waals surface area contributed by atoms with Crippen molar-refractivity contribution >= 4 is 29.5 Å². The number of ether oxygens (including phenoxy) is 1. The van der Waals surface area contributed by atoms with Gasteiger partial charge in [0.15, 0.2) is 5.75 Å². The second-order valence-electron chi connectivity index (χ2n) is 8.52. The third-order valence-corrected chi connectivity index (χ3v) is 6.07. The van der Waals surface area contributed by atoms with E-state index >= 15 is 0 Å². The van der Waals surface area contributed by atoms with Crippen LogP contribution in [-0.2, 0) is 20.0 Å². The Bertz CT molecular complexity index is 1240. The average molecular weight is 462 g/mol. The molecule has 1 atom stereocenters. The molecule has 2 aromatic heterocycles. The first-order valence-electron chi connectivity index (χ1n) is 10.4. The number of nitrogens with zero attached hydrogens (tertiary/aromatic N) is 1.